The van der Waals surface area contributed by atoms with Gasteiger partial charge in [0.2, 0.25) is 0 Å². The Morgan fingerprint density at radius 2 is 2.29 bits per heavy atom. The molecule has 1 saturated heterocycles. The number of nitrogens with one attached hydrogen (secondary N) is 1. The molecule has 2 aromatic rings. The smallest absolute Gasteiger partial charge is 0.142 e. The number of nitriles is 1. The van der Waals surface area contributed by atoms with E-state index in [1.807, 2.05) is 25.1 Å². The van der Waals surface area contributed by atoms with E-state index in [0.29, 0.717) is 16.8 Å². The zero-order valence-corrected chi connectivity index (χ0v) is 13.8. The molecular weight excluding hydrogens is 300 g/mol. The molecule has 0 saturated carbocycles. The molecule has 3 rings (SSSR count). The molecule has 1 aliphatic heterocycles. The number of nitrogen functional groups attached to an aromatic ring is 1. The van der Waals surface area contributed by atoms with Crippen LogP contribution in [0.25, 0.3) is 11.3 Å². The topological polar surface area (TPSA) is 95.0 Å². The number of benzene rings is 1. The van der Waals surface area contributed by atoms with E-state index in [-0.39, 0.29) is 17.5 Å². The van der Waals surface area contributed by atoms with Gasteiger partial charge in [0.1, 0.15) is 17.6 Å². The minimum Gasteiger partial charge on any atom is -0.507 e. The van der Waals surface area contributed by atoms with Gasteiger partial charge < -0.3 is 16.2 Å². The molecule has 2 heterocycles. The fourth-order valence-electron chi connectivity index (χ4n) is 3.45. The normalized spacial score (nSPS) is 17.4. The predicted molar refractivity (Wildman–Crippen MR) is 94.7 cm³/mol. The summed E-state index contributed by atoms with van der Waals surface area (Å²) in [4.78, 5) is 4.41. The van der Waals surface area contributed by atoms with Crippen LogP contribution in [0.15, 0.2) is 24.3 Å². The molecule has 5 heteroatoms. The lowest BCUT2D eigenvalue weighted by molar-refractivity contribution is 0.461. The van der Waals surface area contributed by atoms with Crippen molar-refractivity contribution >= 4 is 5.82 Å². The van der Waals surface area contributed by atoms with Gasteiger partial charge in [0.25, 0.3) is 0 Å². The molecular formula is C19H22N4O. The molecule has 1 unspecified atom stereocenters. The van der Waals surface area contributed by atoms with Crippen molar-refractivity contribution in [2.24, 2.45) is 0 Å². The lowest BCUT2D eigenvalue weighted by Crippen LogP contribution is -2.29. The summed E-state index contributed by atoms with van der Waals surface area (Å²) in [5, 5.41) is 23.2. The number of rotatable bonds is 3. The number of pyridine rings is 1. The van der Waals surface area contributed by atoms with Crippen LogP contribution in [0.1, 0.15) is 42.4 Å². The van der Waals surface area contributed by atoms with Crippen LogP contribution in [0, 0.1) is 11.3 Å². The maximum absolute atomic E-state index is 10.3. The van der Waals surface area contributed by atoms with Crippen molar-refractivity contribution in [2.75, 3.05) is 18.8 Å². The van der Waals surface area contributed by atoms with Crippen LogP contribution in [-0.4, -0.2) is 23.2 Å². The molecule has 0 amide bonds. The Hall–Kier alpha value is -2.58. The molecule has 0 aliphatic carbocycles. The van der Waals surface area contributed by atoms with E-state index in [1.54, 1.807) is 6.07 Å². The highest BCUT2D eigenvalue weighted by atomic mass is 16.3. The number of hydrogen-bond acceptors (Lipinski definition) is 5. The molecule has 1 atom stereocenters. The van der Waals surface area contributed by atoms with Gasteiger partial charge in [-0.2, -0.15) is 5.26 Å². The van der Waals surface area contributed by atoms with E-state index in [0.717, 1.165) is 43.5 Å². The van der Waals surface area contributed by atoms with Gasteiger partial charge in [0.15, 0.2) is 0 Å². The summed E-state index contributed by atoms with van der Waals surface area (Å²) in [5.41, 5.74) is 9.83. The third-order valence-corrected chi connectivity index (χ3v) is 4.69. The van der Waals surface area contributed by atoms with Gasteiger partial charge in [0.05, 0.1) is 11.3 Å². The number of phenols is 1. The Labute approximate surface area is 142 Å². The summed E-state index contributed by atoms with van der Waals surface area (Å²) in [7, 11) is 0. The highest BCUT2D eigenvalue weighted by Crippen LogP contribution is 2.36. The molecule has 0 radical (unpaired) electrons. The monoisotopic (exact) mass is 322 g/mol. The molecule has 5 nitrogen and oxygen atoms in total. The minimum absolute atomic E-state index is 0.193. The number of anilines is 1. The Balaban J connectivity index is 2.17. The lowest BCUT2D eigenvalue weighted by atomic mass is 9.87. The van der Waals surface area contributed by atoms with Gasteiger partial charge in [-0.1, -0.05) is 19.1 Å². The zero-order chi connectivity index (χ0) is 17.1. The standard InChI is InChI=1S/C19H22N4O/c1-2-12-5-3-7-17(24)18(12)16-9-14(13-6-4-8-22-11-13)15(10-20)19(21)23-16/h3,5,7,9,13,22,24H,2,4,6,8,11H2,1H3,(H2,21,23). The highest BCUT2D eigenvalue weighted by Gasteiger charge is 2.23. The van der Waals surface area contributed by atoms with Gasteiger partial charge >= 0.3 is 0 Å². The third kappa shape index (κ3) is 2.93. The van der Waals surface area contributed by atoms with E-state index < -0.39 is 0 Å². The van der Waals surface area contributed by atoms with Crippen molar-refractivity contribution in [2.45, 2.75) is 32.1 Å². The number of nitrogens with two attached hydrogens (primary N) is 1. The van der Waals surface area contributed by atoms with Crippen molar-refractivity contribution in [3.05, 3.63) is 41.0 Å². The second-order valence-electron chi connectivity index (χ2n) is 6.18. The zero-order valence-electron chi connectivity index (χ0n) is 13.8. The highest BCUT2D eigenvalue weighted by molar-refractivity contribution is 5.74. The Morgan fingerprint density at radius 1 is 1.46 bits per heavy atom. The average Bonchev–Trinajstić information content (AvgIpc) is 2.61. The number of piperidine rings is 1. The van der Waals surface area contributed by atoms with Crippen LogP contribution < -0.4 is 11.1 Å². The van der Waals surface area contributed by atoms with E-state index in [1.165, 1.54) is 0 Å². The molecule has 1 fully saturated rings. The van der Waals surface area contributed by atoms with Crippen LogP contribution in [-0.2, 0) is 6.42 Å². The second-order valence-corrected chi connectivity index (χ2v) is 6.18. The first-order chi connectivity index (χ1) is 11.7. The Bertz CT molecular complexity index is 789. The maximum atomic E-state index is 10.3. The third-order valence-electron chi connectivity index (χ3n) is 4.69. The van der Waals surface area contributed by atoms with E-state index >= 15 is 0 Å². The predicted octanol–water partition coefficient (Wildman–Crippen LogP) is 2.94. The first-order valence-electron chi connectivity index (χ1n) is 8.38. The van der Waals surface area contributed by atoms with Gasteiger partial charge in [-0.15, -0.1) is 0 Å². The minimum atomic E-state index is 0.193. The molecule has 0 bridgehead atoms. The number of aromatic nitrogens is 1. The molecule has 1 aliphatic rings. The van der Waals surface area contributed by atoms with Crippen LogP contribution in [0.5, 0.6) is 5.75 Å². The SMILES string of the molecule is CCc1cccc(O)c1-c1cc(C2CCCNC2)c(C#N)c(N)n1. The molecule has 0 spiro atoms. The number of nitrogens with zero attached hydrogens (tertiary/aromatic N) is 2. The van der Waals surface area contributed by atoms with Gasteiger partial charge in [-0.3, -0.25) is 0 Å². The largest absolute Gasteiger partial charge is 0.507 e. The fourth-order valence-corrected chi connectivity index (χ4v) is 3.45. The van der Waals surface area contributed by atoms with Gasteiger partial charge in [-0.05, 0) is 55.0 Å². The maximum Gasteiger partial charge on any atom is 0.142 e. The molecule has 4 N–H and O–H groups in total. The average molecular weight is 322 g/mol. The molecule has 124 valence electrons. The Kier molecular flexibility index (Phi) is 4.68. The molecule has 24 heavy (non-hydrogen) atoms. The second kappa shape index (κ2) is 6.90. The summed E-state index contributed by atoms with van der Waals surface area (Å²) < 4.78 is 0. The quantitative estimate of drug-likeness (QED) is 0.807. The summed E-state index contributed by atoms with van der Waals surface area (Å²) in [5.74, 6) is 0.674. The fraction of sp³-hybridized carbons (Fsp3) is 0.368. The van der Waals surface area contributed by atoms with Gasteiger partial charge in [0, 0.05) is 12.1 Å². The molecule has 1 aromatic carbocycles. The summed E-state index contributed by atoms with van der Waals surface area (Å²) in [6, 6.07) is 9.60. The van der Waals surface area contributed by atoms with Crippen LogP contribution in [0.2, 0.25) is 0 Å². The summed E-state index contributed by atoms with van der Waals surface area (Å²) in [6.45, 7) is 3.88. The number of aryl methyl sites for hydroxylation is 1. The summed E-state index contributed by atoms with van der Waals surface area (Å²) >= 11 is 0. The van der Waals surface area contributed by atoms with Crippen molar-refractivity contribution in [1.82, 2.24) is 10.3 Å². The van der Waals surface area contributed by atoms with Crippen molar-refractivity contribution < 1.29 is 5.11 Å². The van der Waals surface area contributed by atoms with E-state index in [9.17, 15) is 10.4 Å². The molecule has 1 aromatic heterocycles. The van der Waals surface area contributed by atoms with E-state index in [2.05, 4.69) is 16.4 Å². The first-order valence-corrected chi connectivity index (χ1v) is 8.38. The Morgan fingerprint density at radius 3 is 2.96 bits per heavy atom. The van der Waals surface area contributed by atoms with Crippen LogP contribution in [0.3, 0.4) is 0 Å². The van der Waals surface area contributed by atoms with Crippen molar-refractivity contribution in [1.29, 1.82) is 5.26 Å². The van der Waals surface area contributed by atoms with Crippen molar-refractivity contribution in [3.8, 4) is 23.1 Å². The van der Waals surface area contributed by atoms with E-state index in [4.69, 9.17) is 5.73 Å². The summed E-state index contributed by atoms with van der Waals surface area (Å²) in [6.07, 6.45) is 2.88. The van der Waals surface area contributed by atoms with Gasteiger partial charge in [-0.25, -0.2) is 4.98 Å². The van der Waals surface area contributed by atoms with Crippen molar-refractivity contribution in [3.63, 3.8) is 0 Å². The first kappa shape index (κ1) is 16.3. The number of hydrogen-bond donors (Lipinski definition) is 3. The number of phenolic OH excluding ortho intramolecular Hbond substituents is 1. The lowest BCUT2D eigenvalue weighted by Gasteiger charge is -2.25. The number of aromatic hydroxyl groups is 1. The van der Waals surface area contributed by atoms with Crippen LogP contribution in [0.4, 0.5) is 5.82 Å². The van der Waals surface area contributed by atoms with Crippen LogP contribution >= 0.6 is 0 Å².